The summed E-state index contributed by atoms with van der Waals surface area (Å²) in [7, 11) is 0. The van der Waals surface area contributed by atoms with Gasteiger partial charge in [0.2, 0.25) is 0 Å². The van der Waals surface area contributed by atoms with E-state index >= 15 is 0 Å². The molecule has 1 aromatic carbocycles. The summed E-state index contributed by atoms with van der Waals surface area (Å²) < 4.78 is 1.10. The highest BCUT2D eigenvalue weighted by Crippen LogP contribution is 2.27. The monoisotopic (exact) mass is 303 g/mol. The Hall–Kier alpha value is -1.59. The molecular weight excluding hydrogens is 282 g/mol. The van der Waals surface area contributed by atoms with Crippen LogP contribution in [0.5, 0.6) is 0 Å². The van der Waals surface area contributed by atoms with Gasteiger partial charge in [0.25, 0.3) is 5.91 Å². The van der Waals surface area contributed by atoms with E-state index in [2.05, 4.69) is 17.1 Å². The Morgan fingerprint density at radius 2 is 2.33 bits per heavy atom. The van der Waals surface area contributed by atoms with Crippen molar-refractivity contribution in [2.24, 2.45) is 0 Å². The molecule has 5 heteroatoms. The Morgan fingerprint density at radius 3 is 3.14 bits per heavy atom. The van der Waals surface area contributed by atoms with Gasteiger partial charge in [0, 0.05) is 23.0 Å². The summed E-state index contributed by atoms with van der Waals surface area (Å²) in [5, 5.41) is 4.22. The van der Waals surface area contributed by atoms with Crippen LogP contribution >= 0.6 is 11.3 Å². The second kappa shape index (κ2) is 6.03. The molecule has 3 N–H and O–H groups in total. The van der Waals surface area contributed by atoms with Gasteiger partial charge in [0.15, 0.2) is 0 Å². The van der Waals surface area contributed by atoms with Crippen LogP contribution in [0.2, 0.25) is 0 Å². The van der Waals surface area contributed by atoms with E-state index < -0.39 is 0 Å². The number of nitrogens with one attached hydrogen (secondary N) is 1. The summed E-state index contributed by atoms with van der Waals surface area (Å²) in [6.07, 6.45) is 2.22. The summed E-state index contributed by atoms with van der Waals surface area (Å²) in [5.41, 5.74) is 6.52. The number of fused-ring (bicyclic) bond motifs is 1. The predicted molar refractivity (Wildman–Crippen MR) is 88.8 cm³/mol. The van der Waals surface area contributed by atoms with Crippen molar-refractivity contribution in [3.05, 3.63) is 29.1 Å². The minimum absolute atomic E-state index is 0.0396. The first-order valence-corrected chi connectivity index (χ1v) is 8.29. The van der Waals surface area contributed by atoms with Crippen LogP contribution in [-0.4, -0.2) is 36.5 Å². The third-order valence-corrected chi connectivity index (χ3v) is 5.17. The number of hydrogen-bond acceptors (Lipinski definition) is 4. The Bertz CT molecular complexity index is 652. The number of amides is 1. The summed E-state index contributed by atoms with van der Waals surface area (Å²) in [6.45, 7) is 5.32. The number of nitrogens with zero attached hydrogens (tertiary/aromatic N) is 1. The van der Waals surface area contributed by atoms with Gasteiger partial charge >= 0.3 is 0 Å². The van der Waals surface area contributed by atoms with Crippen molar-refractivity contribution in [2.75, 3.05) is 25.4 Å². The van der Waals surface area contributed by atoms with E-state index in [1.54, 1.807) is 0 Å². The van der Waals surface area contributed by atoms with Gasteiger partial charge < -0.3 is 16.0 Å². The van der Waals surface area contributed by atoms with Gasteiger partial charge in [-0.05, 0) is 55.6 Å². The van der Waals surface area contributed by atoms with Crippen LogP contribution < -0.4 is 11.1 Å². The van der Waals surface area contributed by atoms with Crippen molar-refractivity contribution < 1.29 is 4.79 Å². The number of rotatable bonds is 3. The van der Waals surface area contributed by atoms with Crippen molar-refractivity contribution in [3.63, 3.8) is 0 Å². The minimum atomic E-state index is 0.0396. The fourth-order valence-corrected chi connectivity index (χ4v) is 3.84. The second-order valence-corrected chi connectivity index (χ2v) is 6.70. The molecule has 0 spiro atoms. The lowest BCUT2D eigenvalue weighted by atomic mass is 10.1. The van der Waals surface area contributed by atoms with Crippen LogP contribution in [0.1, 0.15) is 29.4 Å². The van der Waals surface area contributed by atoms with Crippen LogP contribution in [0, 0.1) is 0 Å². The van der Waals surface area contributed by atoms with Gasteiger partial charge in [-0.2, -0.15) is 0 Å². The first-order valence-electron chi connectivity index (χ1n) is 7.48. The fourth-order valence-electron chi connectivity index (χ4n) is 2.89. The lowest BCUT2D eigenvalue weighted by Gasteiger charge is -2.32. The number of thiophene rings is 1. The molecule has 1 saturated heterocycles. The number of nitrogen functional groups attached to an aromatic ring is 1. The van der Waals surface area contributed by atoms with E-state index in [0.29, 0.717) is 0 Å². The number of likely N-dealkylation sites (tertiary alicyclic amines) is 1. The number of hydrogen-bond donors (Lipinski definition) is 2. The van der Waals surface area contributed by atoms with E-state index in [9.17, 15) is 4.79 Å². The molecule has 1 unspecified atom stereocenters. The molecule has 0 aliphatic carbocycles. The van der Waals surface area contributed by atoms with E-state index in [0.717, 1.165) is 53.1 Å². The normalized spacial score (nSPS) is 19.8. The molecule has 1 amide bonds. The lowest BCUT2D eigenvalue weighted by Crippen LogP contribution is -2.47. The maximum absolute atomic E-state index is 12.4. The third kappa shape index (κ3) is 3.19. The van der Waals surface area contributed by atoms with Crippen molar-refractivity contribution in [1.82, 2.24) is 10.2 Å². The van der Waals surface area contributed by atoms with E-state index in [4.69, 9.17) is 5.73 Å². The number of carbonyl (C=O) groups is 1. The molecule has 112 valence electrons. The van der Waals surface area contributed by atoms with Gasteiger partial charge in [-0.25, -0.2) is 0 Å². The fraction of sp³-hybridized carbons (Fsp3) is 0.438. The maximum atomic E-state index is 12.4. The summed E-state index contributed by atoms with van der Waals surface area (Å²) >= 11 is 1.53. The zero-order chi connectivity index (χ0) is 14.8. The molecule has 0 bridgehead atoms. The van der Waals surface area contributed by atoms with Gasteiger partial charge in [-0.1, -0.05) is 6.92 Å². The van der Waals surface area contributed by atoms with Gasteiger partial charge in [-0.3, -0.25) is 4.79 Å². The average Bonchev–Trinajstić information content (AvgIpc) is 2.90. The predicted octanol–water partition coefficient (Wildman–Crippen LogP) is 2.70. The van der Waals surface area contributed by atoms with Gasteiger partial charge in [0.05, 0.1) is 4.88 Å². The maximum Gasteiger partial charge on any atom is 0.261 e. The lowest BCUT2D eigenvalue weighted by molar-refractivity contribution is 0.0910. The van der Waals surface area contributed by atoms with Crippen LogP contribution in [0.3, 0.4) is 0 Å². The number of benzene rings is 1. The largest absolute Gasteiger partial charge is 0.399 e. The van der Waals surface area contributed by atoms with Crippen LogP contribution in [0.25, 0.3) is 10.1 Å². The highest BCUT2D eigenvalue weighted by molar-refractivity contribution is 7.20. The molecule has 21 heavy (non-hydrogen) atoms. The zero-order valence-corrected chi connectivity index (χ0v) is 13.1. The third-order valence-electron chi connectivity index (χ3n) is 4.05. The molecule has 2 aromatic rings. The van der Waals surface area contributed by atoms with E-state index in [1.807, 2.05) is 24.3 Å². The average molecular weight is 303 g/mol. The quantitative estimate of drug-likeness (QED) is 0.857. The standard InChI is InChI=1S/C16H21N3OS/c1-2-19-7-3-4-13(10-19)18-16(20)15-9-11-8-12(17)5-6-14(11)21-15/h5-6,8-9,13H,2-4,7,10,17H2,1H3,(H,18,20). The van der Waals surface area contributed by atoms with Crippen molar-refractivity contribution >= 4 is 33.0 Å². The Kier molecular flexibility index (Phi) is 4.12. The van der Waals surface area contributed by atoms with Gasteiger partial charge in [-0.15, -0.1) is 11.3 Å². The highest BCUT2D eigenvalue weighted by Gasteiger charge is 2.21. The second-order valence-electron chi connectivity index (χ2n) is 5.61. The molecule has 1 aliphatic heterocycles. The molecule has 0 radical (unpaired) electrons. The molecular formula is C16H21N3OS. The molecule has 2 heterocycles. The molecule has 1 aliphatic rings. The van der Waals surface area contributed by atoms with Crippen LogP contribution in [0.4, 0.5) is 5.69 Å². The van der Waals surface area contributed by atoms with Crippen LogP contribution in [0.15, 0.2) is 24.3 Å². The molecule has 4 nitrogen and oxygen atoms in total. The number of anilines is 1. The molecule has 3 rings (SSSR count). The van der Waals surface area contributed by atoms with Gasteiger partial charge in [0.1, 0.15) is 0 Å². The topological polar surface area (TPSA) is 58.4 Å². The van der Waals surface area contributed by atoms with Crippen molar-refractivity contribution in [3.8, 4) is 0 Å². The first-order chi connectivity index (χ1) is 10.2. The summed E-state index contributed by atoms with van der Waals surface area (Å²) in [6, 6.07) is 7.97. The minimum Gasteiger partial charge on any atom is -0.399 e. The number of nitrogens with two attached hydrogens (primary N) is 1. The van der Waals surface area contributed by atoms with E-state index in [-0.39, 0.29) is 11.9 Å². The molecule has 1 aromatic heterocycles. The molecule has 1 atom stereocenters. The Morgan fingerprint density at radius 1 is 1.48 bits per heavy atom. The highest BCUT2D eigenvalue weighted by atomic mass is 32.1. The number of likely N-dealkylation sites (N-methyl/N-ethyl adjacent to an activating group) is 1. The number of piperidine rings is 1. The van der Waals surface area contributed by atoms with Crippen molar-refractivity contribution in [2.45, 2.75) is 25.8 Å². The van der Waals surface area contributed by atoms with E-state index in [1.165, 1.54) is 11.3 Å². The zero-order valence-electron chi connectivity index (χ0n) is 12.3. The SMILES string of the molecule is CCN1CCCC(NC(=O)c2cc3cc(N)ccc3s2)C1. The van der Waals surface area contributed by atoms with Crippen molar-refractivity contribution in [1.29, 1.82) is 0 Å². The van der Waals surface area contributed by atoms with Crippen LogP contribution in [-0.2, 0) is 0 Å². The molecule has 0 saturated carbocycles. The Labute approximate surface area is 128 Å². The summed E-state index contributed by atoms with van der Waals surface area (Å²) in [5.74, 6) is 0.0396. The molecule has 1 fully saturated rings. The summed E-state index contributed by atoms with van der Waals surface area (Å²) in [4.78, 5) is 15.6. The first kappa shape index (κ1) is 14.4. The smallest absolute Gasteiger partial charge is 0.261 e. The Balaban J connectivity index is 1.71. The number of carbonyl (C=O) groups excluding carboxylic acids is 1.